The molecule has 1 aromatic carbocycles. The minimum atomic E-state index is -4.63. The second kappa shape index (κ2) is 7.26. The van der Waals surface area contributed by atoms with Crippen molar-refractivity contribution < 1.29 is 37.0 Å². The SMILES string of the molecule is Cc1ccc(O[C@H]2C[C@H](NC(=O)C3(NC(=O)CC(F)(F)F)COC3)C2)c2c1OCC21CC1. The van der Waals surface area contributed by atoms with Gasteiger partial charge in [-0.3, -0.25) is 9.59 Å². The van der Waals surface area contributed by atoms with Crippen molar-refractivity contribution in [1.29, 1.82) is 0 Å². The van der Waals surface area contributed by atoms with E-state index in [4.69, 9.17) is 14.2 Å². The lowest BCUT2D eigenvalue weighted by molar-refractivity contribution is -0.166. The number of amides is 2. The third-order valence-electron chi connectivity index (χ3n) is 6.79. The largest absolute Gasteiger partial charge is 0.492 e. The molecule has 2 saturated carbocycles. The lowest BCUT2D eigenvalue weighted by atomic mass is 9.87. The number of hydrogen-bond acceptors (Lipinski definition) is 5. The number of hydrogen-bond donors (Lipinski definition) is 2. The van der Waals surface area contributed by atoms with E-state index in [0.717, 1.165) is 35.5 Å². The van der Waals surface area contributed by atoms with E-state index in [2.05, 4.69) is 10.6 Å². The van der Waals surface area contributed by atoms with Crippen LogP contribution in [0.25, 0.3) is 0 Å². The maximum atomic E-state index is 12.7. The number of benzene rings is 1. The fourth-order valence-electron chi connectivity index (χ4n) is 4.63. The normalized spacial score (nSPS) is 26.2. The van der Waals surface area contributed by atoms with E-state index in [-0.39, 0.29) is 30.8 Å². The molecule has 32 heavy (non-hydrogen) atoms. The Bertz CT molecular complexity index is 950. The summed E-state index contributed by atoms with van der Waals surface area (Å²) in [7, 11) is 0. The molecule has 174 valence electrons. The van der Waals surface area contributed by atoms with Crippen LogP contribution in [0.15, 0.2) is 12.1 Å². The standard InChI is InChI=1S/C22H25F3N2O5/c1-12-2-3-15(17-18(12)31-9-20(17)4-5-20)32-14-6-13(7-14)26-19(29)21(10-30-11-21)27-16(28)8-22(23,24)25/h2-3,13-14H,4-11H2,1H3,(H,26,29)(H,27,28)/t13-,14-. The first kappa shape index (κ1) is 21.4. The highest BCUT2D eigenvalue weighted by Gasteiger charge is 2.54. The van der Waals surface area contributed by atoms with Gasteiger partial charge in [-0.1, -0.05) is 6.07 Å². The molecule has 0 unspecified atom stereocenters. The third-order valence-corrected chi connectivity index (χ3v) is 6.79. The maximum absolute atomic E-state index is 12.7. The molecule has 2 N–H and O–H groups in total. The summed E-state index contributed by atoms with van der Waals surface area (Å²) >= 11 is 0. The predicted octanol–water partition coefficient (Wildman–Crippen LogP) is 2.28. The topological polar surface area (TPSA) is 85.9 Å². The van der Waals surface area contributed by atoms with Gasteiger partial charge in [0.25, 0.3) is 5.91 Å². The van der Waals surface area contributed by atoms with Crippen molar-refractivity contribution in [1.82, 2.24) is 10.6 Å². The number of nitrogens with one attached hydrogen (secondary N) is 2. The Morgan fingerprint density at radius 1 is 1.19 bits per heavy atom. The first-order chi connectivity index (χ1) is 15.1. The van der Waals surface area contributed by atoms with Crippen LogP contribution in [-0.2, 0) is 19.7 Å². The van der Waals surface area contributed by atoms with Gasteiger partial charge in [0.15, 0.2) is 5.54 Å². The van der Waals surface area contributed by atoms with Crippen molar-refractivity contribution in [2.75, 3.05) is 19.8 Å². The molecule has 0 atom stereocenters. The smallest absolute Gasteiger partial charge is 0.397 e. The molecule has 10 heteroatoms. The summed E-state index contributed by atoms with van der Waals surface area (Å²) in [6, 6.07) is 3.79. The molecule has 7 nitrogen and oxygen atoms in total. The minimum absolute atomic E-state index is 0.0723. The minimum Gasteiger partial charge on any atom is -0.492 e. The fourth-order valence-corrected chi connectivity index (χ4v) is 4.63. The van der Waals surface area contributed by atoms with Crippen molar-refractivity contribution in [3.05, 3.63) is 23.3 Å². The van der Waals surface area contributed by atoms with E-state index >= 15 is 0 Å². The Kier molecular flexibility index (Phi) is 4.85. The molecule has 0 radical (unpaired) electrons. The van der Waals surface area contributed by atoms with E-state index in [1.54, 1.807) is 0 Å². The van der Waals surface area contributed by atoms with E-state index in [1.165, 1.54) is 0 Å². The number of carbonyl (C=O) groups is 2. The molecular weight excluding hydrogens is 429 g/mol. The van der Waals surface area contributed by atoms with Crippen LogP contribution < -0.4 is 20.1 Å². The Balaban J connectivity index is 1.16. The zero-order valence-corrected chi connectivity index (χ0v) is 17.6. The van der Waals surface area contributed by atoms with Gasteiger partial charge in [-0.2, -0.15) is 13.2 Å². The van der Waals surface area contributed by atoms with Gasteiger partial charge < -0.3 is 24.8 Å². The van der Waals surface area contributed by atoms with Crippen LogP contribution in [-0.4, -0.2) is 55.5 Å². The number of fused-ring (bicyclic) bond motifs is 2. The Hall–Kier alpha value is -2.49. The molecule has 1 aromatic rings. The molecule has 4 aliphatic rings. The summed E-state index contributed by atoms with van der Waals surface area (Å²) in [5.74, 6) is -0.0103. The van der Waals surface area contributed by atoms with E-state index < -0.39 is 30.0 Å². The summed E-state index contributed by atoms with van der Waals surface area (Å²) in [6.07, 6.45) is -3.00. The number of alkyl halides is 3. The predicted molar refractivity (Wildman–Crippen MR) is 106 cm³/mol. The lowest BCUT2D eigenvalue weighted by Crippen LogP contribution is -2.71. The van der Waals surface area contributed by atoms with Crippen molar-refractivity contribution in [3.63, 3.8) is 0 Å². The average molecular weight is 454 g/mol. The first-order valence-electron chi connectivity index (χ1n) is 10.8. The number of rotatable bonds is 6. The van der Waals surface area contributed by atoms with Crippen molar-refractivity contribution in [3.8, 4) is 11.5 Å². The summed E-state index contributed by atoms with van der Waals surface area (Å²) in [4.78, 5) is 24.3. The van der Waals surface area contributed by atoms with Crippen LogP contribution in [0.5, 0.6) is 11.5 Å². The summed E-state index contributed by atoms with van der Waals surface area (Å²) < 4.78 is 54.5. The Morgan fingerprint density at radius 3 is 2.50 bits per heavy atom. The molecule has 2 amide bonds. The number of halogens is 3. The zero-order chi connectivity index (χ0) is 22.7. The van der Waals surface area contributed by atoms with Crippen LogP contribution in [0.3, 0.4) is 0 Å². The summed E-state index contributed by atoms with van der Waals surface area (Å²) in [5.41, 5.74) is 0.888. The molecule has 1 spiro atoms. The van der Waals surface area contributed by atoms with Gasteiger partial charge in [0.1, 0.15) is 24.0 Å². The quantitative estimate of drug-likeness (QED) is 0.689. The van der Waals surface area contributed by atoms with Crippen LogP contribution >= 0.6 is 0 Å². The maximum Gasteiger partial charge on any atom is 0.397 e. The molecule has 0 aromatic heterocycles. The van der Waals surface area contributed by atoms with Crippen molar-refractivity contribution in [2.24, 2.45) is 0 Å². The molecule has 3 fully saturated rings. The molecule has 2 aliphatic carbocycles. The zero-order valence-electron chi connectivity index (χ0n) is 17.6. The van der Waals surface area contributed by atoms with Gasteiger partial charge >= 0.3 is 6.18 Å². The fraction of sp³-hybridized carbons (Fsp3) is 0.636. The number of aryl methyl sites for hydroxylation is 1. The van der Waals surface area contributed by atoms with Crippen LogP contribution in [0.2, 0.25) is 0 Å². The van der Waals surface area contributed by atoms with Gasteiger partial charge in [0.05, 0.1) is 19.8 Å². The first-order valence-corrected chi connectivity index (χ1v) is 10.8. The lowest BCUT2D eigenvalue weighted by Gasteiger charge is -2.43. The van der Waals surface area contributed by atoms with Crippen molar-refractivity contribution >= 4 is 11.8 Å². The van der Waals surface area contributed by atoms with Crippen LogP contribution in [0.1, 0.15) is 43.2 Å². The average Bonchev–Trinajstić information content (AvgIpc) is 3.30. The third kappa shape index (κ3) is 3.78. The van der Waals surface area contributed by atoms with Gasteiger partial charge in [0.2, 0.25) is 5.91 Å². The van der Waals surface area contributed by atoms with Crippen molar-refractivity contribution in [2.45, 2.75) is 68.3 Å². The Morgan fingerprint density at radius 2 is 1.91 bits per heavy atom. The summed E-state index contributed by atoms with van der Waals surface area (Å²) in [5, 5.41) is 5.01. The summed E-state index contributed by atoms with van der Waals surface area (Å²) in [6.45, 7) is 2.42. The second-order valence-corrected chi connectivity index (χ2v) is 9.45. The molecule has 2 heterocycles. The Labute approximate surface area is 183 Å². The van der Waals surface area contributed by atoms with Gasteiger partial charge in [-0.05, 0) is 31.4 Å². The highest BCUT2D eigenvalue weighted by molar-refractivity contribution is 5.93. The van der Waals surface area contributed by atoms with Gasteiger partial charge in [-0.15, -0.1) is 0 Å². The molecule has 0 bridgehead atoms. The monoisotopic (exact) mass is 454 g/mol. The molecule has 5 rings (SSSR count). The molecule has 1 saturated heterocycles. The van der Waals surface area contributed by atoms with Gasteiger partial charge in [-0.25, -0.2) is 0 Å². The van der Waals surface area contributed by atoms with E-state index in [9.17, 15) is 22.8 Å². The van der Waals surface area contributed by atoms with Crippen LogP contribution in [0.4, 0.5) is 13.2 Å². The van der Waals surface area contributed by atoms with E-state index in [0.29, 0.717) is 19.4 Å². The van der Waals surface area contributed by atoms with E-state index in [1.807, 2.05) is 19.1 Å². The number of carbonyl (C=O) groups excluding carboxylic acids is 2. The highest BCUT2D eigenvalue weighted by Crippen LogP contribution is 2.59. The second-order valence-electron chi connectivity index (χ2n) is 9.45. The highest BCUT2D eigenvalue weighted by atomic mass is 19.4. The molecular formula is C22H25F3N2O5. The number of ether oxygens (including phenoxy) is 3. The van der Waals surface area contributed by atoms with Gasteiger partial charge in [0, 0.05) is 29.9 Å². The molecule has 2 aliphatic heterocycles. The van der Waals surface area contributed by atoms with Crippen LogP contribution in [0, 0.1) is 6.92 Å².